The Morgan fingerprint density at radius 1 is 1.44 bits per heavy atom. The predicted molar refractivity (Wildman–Crippen MR) is 76.2 cm³/mol. The zero-order valence-electron chi connectivity index (χ0n) is 10.1. The van der Waals surface area contributed by atoms with Gasteiger partial charge in [-0.1, -0.05) is 30.2 Å². The van der Waals surface area contributed by atoms with Gasteiger partial charge >= 0.3 is 0 Å². The Bertz CT molecular complexity index is 392. The Balaban J connectivity index is 0.00000162. The van der Waals surface area contributed by atoms with Crippen LogP contribution >= 0.6 is 24.0 Å². The summed E-state index contributed by atoms with van der Waals surface area (Å²) in [6.07, 6.45) is 3.22. The summed E-state index contributed by atoms with van der Waals surface area (Å²) in [7, 11) is 0. The first-order valence-corrected chi connectivity index (χ1v) is 6.39. The van der Waals surface area contributed by atoms with Crippen molar-refractivity contribution in [2.24, 2.45) is 0 Å². The molecule has 2 N–H and O–H groups in total. The molecule has 0 bridgehead atoms. The van der Waals surface area contributed by atoms with E-state index in [1.165, 1.54) is 0 Å². The van der Waals surface area contributed by atoms with Crippen LogP contribution in [0.15, 0.2) is 24.3 Å². The summed E-state index contributed by atoms with van der Waals surface area (Å²) in [6, 6.07) is 7.53. The van der Waals surface area contributed by atoms with Crippen molar-refractivity contribution in [3.63, 3.8) is 0 Å². The van der Waals surface area contributed by atoms with E-state index >= 15 is 0 Å². The minimum absolute atomic E-state index is 0. The molecule has 1 aliphatic rings. The maximum Gasteiger partial charge on any atom is 0.237 e. The average molecular weight is 289 g/mol. The van der Waals surface area contributed by atoms with Crippen molar-refractivity contribution < 1.29 is 4.79 Å². The van der Waals surface area contributed by atoms with Gasteiger partial charge in [0.05, 0.1) is 6.04 Å². The van der Waals surface area contributed by atoms with E-state index in [1.54, 1.807) is 0 Å². The van der Waals surface area contributed by atoms with E-state index in [-0.39, 0.29) is 24.4 Å². The van der Waals surface area contributed by atoms with Crippen LogP contribution in [0.25, 0.3) is 0 Å². The van der Waals surface area contributed by atoms with Crippen LogP contribution in [-0.4, -0.2) is 18.5 Å². The fourth-order valence-corrected chi connectivity index (χ4v) is 2.25. The molecular formula is C13H18Cl2N2O. The first kappa shape index (κ1) is 15.3. The molecule has 0 spiro atoms. The number of rotatable bonds is 3. The predicted octanol–water partition coefficient (Wildman–Crippen LogP) is 2.52. The van der Waals surface area contributed by atoms with Crippen molar-refractivity contribution in [1.82, 2.24) is 10.6 Å². The lowest BCUT2D eigenvalue weighted by Crippen LogP contribution is -2.46. The first-order chi connectivity index (χ1) is 8.25. The lowest BCUT2D eigenvalue weighted by molar-refractivity contribution is -0.123. The Morgan fingerprint density at radius 3 is 2.94 bits per heavy atom. The Kier molecular flexibility index (Phi) is 6.47. The van der Waals surface area contributed by atoms with Crippen molar-refractivity contribution in [3.05, 3.63) is 34.9 Å². The lowest BCUT2D eigenvalue weighted by atomic mass is 10.0. The van der Waals surface area contributed by atoms with Gasteiger partial charge in [-0.25, -0.2) is 0 Å². The van der Waals surface area contributed by atoms with Crippen LogP contribution in [0.1, 0.15) is 24.8 Å². The number of benzene rings is 1. The van der Waals surface area contributed by atoms with Gasteiger partial charge in [0.25, 0.3) is 0 Å². The molecule has 0 unspecified atom stereocenters. The van der Waals surface area contributed by atoms with Crippen molar-refractivity contribution in [2.75, 3.05) is 6.54 Å². The van der Waals surface area contributed by atoms with Crippen molar-refractivity contribution >= 4 is 29.9 Å². The van der Waals surface area contributed by atoms with Crippen molar-refractivity contribution in [2.45, 2.75) is 31.8 Å². The molecule has 0 aromatic heterocycles. The minimum Gasteiger partial charge on any atom is -0.351 e. The number of halogens is 2. The zero-order chi connectivity index (χ0) is 12.1. The van der Waals surface area contributed by atoms with Crippen LogP contribution in [0.4, 0.5) is 0 Å². The van der Waals surface area contributed by atoms with Gasteiger partial charge in [-0.2, -0.15) is 0 Å². The van der Waals surface area contributed by atoms with Gasteiger partial charge in [0.1, 0.15) is 0 Å². The van der Waals surface area contributed by atoms with E-state index in [9.17, 15) is 4.79 Å². The van der Waals surface area contributed by atoms with Crippen LogP contribution in [0.3, 0.4) is 0 Å². The third-order valence-corrected chi connectivity index (χ3v) is 3.22. The molecule has 100 valence electrons. The van der Waals surface area contributed by atoms with E-state index in [1.807, 2.05) is 24.3 Å². The molecule has 0 aliphatic carbocycles. The molecule has 5 heteroatoms. The lowest BCUT2D eigenvalue weighted by Gasteiger charge is -2.22. The topological polar surface area (TPSA) is 41.1 Å². The molecule has 1 saturated heterocycles. The SMILES string of the molecule is Cl.O=C(NCc1cccc(Cl)c1)[C@@H]1CCCCN1. The second kappa shape index (κ2) is 7.62. The highest BCUT2D eigenvalue weighted by molar-refractivity contribution is 6.30. The normalized spacial score (nSPS) is 18.8. The van der Waals surface area contributed by atoms with Crippen molar-refractivity contribution in [3.8, 4) is 0 Å². The summed E-state index contributed by atoms with van der Waals surface area (Å²) in [6.45, 7) is 1.48. The largest absolute Gasteiger partial charge is 0.351 e. The molecule has 1 aliphatic heterocycles. The third-order valence-electron chi connectivity index (χ3n) is 2.98. The molecule has 1 amide bonds. The van der Waals surface area contributed by atoms with Crippen LogP contribution in [0.2, 0.25) is 5.02 Å². The van der Waals surface area contributed by atoms with Crippen LogP contribution in [-0.2, 0) is 11.3 Å². The minimum atomic E-state index is -0.0251. The summed E-state index contributed by atoms with van der Waals surface area (Å²) in [5, 5.41) is 6.87. The maximum absolute atomic E-state index is 11.8. The van der Waals surface area contributed by atoms with Gasteiger partial charge in [-0.05, 0) is 37.1 Å². The molecule has 1 fully saturated rings. The van der Waals surface area contributed by atoms with Gasteiger partial charge in [-0.15, -0.1) is 12.4 Å². The smallest absolute Gasteiger partial charge is 0.237 e. The summed E-state index contributed by atoms with van der Waals surface area (Å²) in [5.74, 6) is 0.0877. The van der Waals surface area contributed by atoms with E-state index in [0.717, 1.165) is 31.4 Å². The number of amides is 1. The molecular weight excluding hydrogens is 271 g/mol. The third kappa shape index (κ3) is 4.48. The highest BCUT2D eigenvalue weighted by Gasteiger charge is 2.19. The van der Waals surface area contributed by atoms with Crippen LogP contribution < -0.4 is 10.6 Å². The van der Waals surface area contributed by atoms with Gasteiger partial charge < -0.3 is 10.6 Å². The molecule has 1 atom stereocenters. The zero-order valence-corrected chi connectivity index (χ0v) is 11.7. The molecule has 0 radical (unpaired) electrons. The van der Waals surface area contributed by atoms with E-state index in [4.69, 9.17) is 11.6 Å². The second-order valence-corrected chi connectivity index (χ2v) is 4.79. The number of hydrogen-bond donors (Lipinski definition) is 2. The molecule has 1 aromatic rings. The van der Waals surface area contributed by atoms with E-state index < -0.39 is 0 Å². The molecule has 3 nitrogen and oxygen atoms in total. The van der Waals surface area contributed by atoms with Crippen LogP contribution in [0.5, 0.6) is 0 Å². The monoisotopic (exact) mass is 288 g/mol. The van der Waals surface area contributed by atoms with E-state index in [2.05, 4.69) is 10.6 Å². The van der Waals surface area contributed by atoms with Gasteiger partial charge in [0.15, 0.2) is 0 Å². The van der Waals surface area contributed by atoms with Gasteiger partial charge in [0.2, 0.25) is 5.91 Å². The Labute approximate surface area is 119 Å². The number of piperidine rings is 1. The van der Waals surface area contributed by atoms with E-state index in [0.29, 0.717) is 11.6 Å². The molecule has 2 rings (SSSR count). The molecule has 1 heterocycles. The molecule has 0 saturated carbocycles. The number of carbonyl (C=O) groups excluding carboxylic acids is 1. The Morgan fingerprint density at radius 2 is 2.28 bits per heavy atom. The Hall–Kier alpha value is -0.770. The fourth-order valence-electron chi connectivity index (χ4n) is 2.03. The number of carbonyl (C=O) groups is 1. The van der Waals surface area contributed by atoms with Crippen molar-refractivity contribution in [1.29, 1.82) is 0 Å². The number of hydrogen-bond acceptors (Lipinski definition) is 2. The highest BCUT2D eigenvalue weighted by atomic mass is 35.5. The van der Waals surface area contributed by atoms with Gasteiger partial charge in [-0.3, -0.25) is 4.79 Å². The fraction of sp³-hybridized carbons (Fsp3) is 0.462. The first-order valence-electron chi connectivity index (χ1n) is 6.01. The molecule has 1 aromatic carbocycles. The second-order valence-electron chi connectivity index (χ2n) is 4.35. The summed E-state index contributed by atoms with van der Waals surface area (Å²) < 4.78 is 0. The number of nitrogens with one attached hydrogen (secondary N) is 2. The molecule has 18 heavy (non-hydrogen) atoms. The standard InChI is InChI=1S/C13H17ClN2O.ClH/c14-11-5-3-4-10(8-11)9-16-13(17)12-6-1-2-7-15-12;/h3-5,8,12,15H,1-2,6-7,9H2,(H,16,17);1H/t12-;/m0./s1. The quantitative estimate of drug-likeness (QED) is 0.897. The van der Waals surface area contributed by atoms with Crippen LogP contribution in [0, 0.1) is 0 Å². The summed E-state index contributed by atoms with van der Waals surface area (Å²) >= 11 is 5.88. The summed E-state index contributed by atoms with van der Waals surface area (Å²) in [4.78, 5) is 11.8. The van der Waals surface area contributed by atoms with Gasteiger partial charge in [0, 0.05) is 11.6 Å². The highest BCUT2D eigenvalue weighted by Crippen LogP contribution is 2.11. The maximum atomic E-state index is 11.8. The average Bonchev–Trinajstić information content (AvgIpc) is 2.37. The summed E-state index contributed by atoms with van der Waals surface area (Å²) in [5.41, 5.74) is 1.03.